The van der Waals surface area contributed by atoms with Gasteiger partial charge in [-0.3, -0.25) is 0 Å². The molecule has 264 valence electrons. The summed E-state index contributed by atoms with van der Waals surface area (Å²) in [6.07, 6.45) is 6.97. The summed E-state index contributed by atoms with van der Waals surface area (Å²) in [5, 5.41) is 7.73. The average Bonchev–Trinajstić information content (AvgIpc) is 3.60. The Bertz CT molecular complexity index is 2970. The van der Waals surface area contributed by atoms with Crippen LogP contribution in [0.15, 0.2) is 169 Å². The van der Waals surface area contributed by atoms with Crippen molar-refractivity contribution in [3.05, 3.63) is 192 Å². The maximum Gasteiger partial charge on any atom is 0.0543 e. The van der Waals surface area contributed by atoms with Crippen molar-refractivity contribution in [1.82, 2.24) is 0 Å². The molecule has 0 amide bonds. The predicted octanol–water partition coefficient (Wildman–Crippen LogP) is 15.0. The minimum Gasteiger partial charge on any atom is -0.310 e. The van der Waals surface area contributed by atoms with Gasteiger partial charge in [-0.2, -0.15) is 0 Å². The van der Waals surface area contributed by atoms with Crippen LogP contribution in [0.4, 0.5) is 17.1 Å². The SMILES string of the molecule is CC1(C)C2=C(CCC=C2)c2ccc(N(c3ccc(-c4cc5c6ccccc6ccc5c5ccccc45)cc3)c3cccc4c3-c3ccccc3C4(C)C)cc21. The van der Waals surface area contributed by atoms with Crippen LogP contribution in [-0.2, 0) is 10.8 Å². The van der Waals surface area contributed by atoms with Crippen LogP contribution in [0.5, 0.6) is 0 Å². The molecular weight excluding hydrogens is 663 g/mol. The average molecular weight is 706 g/mol. The number of hydrogen-bond acceptors (Lipinski definition) is 1. The molecule has 0 N–H and O–H groups in total. The third-order valence-electron chi connectivity index (χ3n) is 13.1. The van der Waals surface area contributed by atoms with Crippen molar-refractivity contribution in [2.24, 2.45) is 0 Å². The number of rotatable bonds is 4. The van der Waals surface area contributed by atoms with Gasteiger partial charge in [-0.05, 0) is 132 Å². The summed E-state index contributed by atoms with van der Waals surface area (Å²) in [6, 6.07) is 57.2. The summed E-state index contributed by atoms with van der Waals surface area (Å²) in [5.41, 5.74) is 17.2. The van der Waals surface area contributed by atoms with Gasteiger partial charge in [0.2, 0.25) is 0 Å². The van der Waals surface area contributed by atoms with Gasteiger partial charge in [0.05, 0.1) is 5.69 Å². The molecule has 0 saturated carbocycles. The number of allylic oxidation sites excluding steroid dienone is 4. The number of hydrogen-bond donors (Lipinski definition) is 0. The standard InChI is InChI=1S/C54H43N/c1-53(2)48-21-12-10-19-44(48)52-49(53)22-13-23-51(52)55(37-29-31-43-42-18-9-11-20-47(42)54(3,4)50(43)32-37)36-27-24-35(25-28-36)45-33-46-38-15-6-5-14-34(38)26-30-41(46)39-16-7-8-17-40(39)45/h5-8,10-17,19-33H,9,18H2,1-4H3. The van der Waals surface area contributed by atoms with Gasteiger partial charge in [0, 0.05) is 27.8 Å². The van der Waals surface area contributed by atoms with E-state index in [0.29, 0.717) is 0 Å². The lowest BCUT2D eigenvalue weighted by atomic mass is 9.80. The largest absolute Gasteiger partial charge is 0.310 e. The van der Waals surface area contributed by atoms with E-state index >= 15 is 0 Å². The van der Waals surface area contributed by atoms with E-state index in [2.05, 4.69) is 196 Å². The first-order chi connectivity index (χ1) is 26.8. The van der Waals surface area contributed by atoms with E-state index in [-0.39, 0.29) is 10.8 Å². The zero-order chi connectivity index (χ0) is 37.1. The number of nitrogens with zero attached hydrogens (tertiary/aromatic N) is 1. The first-order valence-corrected chi connectivity index (χ1v) is 19.8. The van der Waals surface area contributed by atoms with Crippen molar-refractivity contribution in [3.8, 4) is 22.3 Å². The molecule has 0 aromatic heterocycles. The smallest absolute Gasteiger partial charge is 0.0543 e. The molecule has 3 aliphatic carbocycles. The summed E-state index contributed by atoms with van der Waals surface area (Å²) >= 11 is 0. The van der Waals surface area contributed by atoms with Gasteiger partial charge >= 0.3 is 0 Å². The van der Waals surface area contributed by atoms with Crippen LogP contribution in [0.2, 0.25) is 0 Å². The second kappa shape index (κ2) is 11.7. The fourth-order valence-corrected chi connectivity index (χ4v) is 10.4. The summed E-state index contributed by atoms with van der Waals surface area (Å²) in [5.74, 6) is 0. The van der Waals surface area contributed by atoms with E-state index < -0.39 is 0 Å². The Hall–Kier alpha value is -6.18. The molecule has 0 radical (unpaired) electrons. The molecule has 0 heterocycles. The molecule has 0 saturated heterocycles. The summed E-state index contributed by atoms with van der Waals surface area (Å²) in [4.78, 5) is 2.52. The lowest BCUT2D eigenvalue weighted by Gasteiger charge is -2.31. The molecule has 8 aromatic rings. The highest BCUT2D eigenvalue weighted by Gasteiger charge is 2.40. The molecule has 55 heavy (non-hydrogen) atoms. The summed E-state index contributed by atoms with van der Waals surface area (Å²) in [7, 11) is 0. The molecule has 0 unspecified atom stereocenters. The van der Waals surface area contributed by atoms with E-state index in [1.54, 1.807) is 0 Å². The Labute approximate surface area is 323 Å². The lowest BCUT2D eigenvalue weighted by molar-refractivity contribution is 0.651. The molecule has 11 rings (SSSR count). The number of anilines is 3. The molecule has 0 aliphatic heterocycles. The Kier molecular flexibility index (Phi) is 6.84. The van der Waals surface area contributed by atoms with Gasteiger partial charge in [0.25, 0.3) is 0 Å². The van der Waals surface area contributed by atoms with Gasteiger partial charge in [0.15, 0.2) is 0 Å². The van der Waals surface area contributed by atoms with Crippen molar-refractivity contribution in [2.45, 2.75) is 51.4 Å². The van der Waals surface area contributed by atoms with Crippen molar-refractivity contribution in [1.29, 1.82) is 0 Å². The van der Waals surface area contributed by atoms with E-state index in [0.717, 1.165) is 18.5 Å². The molecular formula is C54H43N. The maximum absolute atomic E-state index is 2.52. The van der Waals surface area contributed by atoms with Crippen LogP contribution < -0.4 is 4.90 Å². The van der Waals surface area contributed by atoms with E-state index in [9.17, 15) is 0 Å². The molecule has 0 bridgehead atoms. The second-order valence-corrected chi connectivity index (χ2v) is 16.8. The van der Waals surface area contributed by atoms with Crippen molar-refractivity contribution >= 4 is 55.0 Å². The lowest BCUT2D eigenvalue weighted by Crippen LogP contribution is -2.18. The highest BCUT2D eigenvalue weighted by atomic mass is 15.1. The second-order valence-electron chi connectivity index (χ2n) is 16.8. The van der Waals surface area contributed by atoms with Crippen LogP contribution in [0.1, 0.15) is 62.8 Å². The van der Waals surface area contributed by atoms with Gasteiger partial charge in [-0.15, -0.1) is 0 Å². The van der Waals surface area contributed by atoms with Gasteiger partial charge < -0.3 is 4.90 Å². The van der Waals surface area contributed by atoms with Crippen molar-refractivity contribution < 1.29 is 0 Å². The molecule has 1 nitrogen and oxygen atoms in total. The fraction of sp³-hybridized carbons (Fsp3) is 0.148. The van der Waals surface area contributed by atoms with Gasteiger partial charge in [-0.1, -0.05) is 155 Å². The molecule has 8 aromatic carbocycles. The number of fused-ring (bicyclic) bond motifs is 10. The topological polar surface area (TPSA) is 3.24 Å². The quantitative estimate of drug-likeness (QED) is 0.165. The summed E-state index contributed by atoms with van der Waals surface area (Å²) in [6.45, 7) is 9.56. The zero-order valence-corrected chi connectivity index (χ0v) is 31.9. The Morgan fingerprint density at radius 2 is 1.18 bits per heavy atom. The van der Waals surface area contributed by atoms with Gasteiger partial charge in [-0.25, -0.2) is 0 Å². The minimum absolute atomic E-state index is 0.0539. The Morgan fingerprint density at radius 1 is 0.473 bits per heavy atom. The molecule has 3 aliphatic rings. The molecule has 1 heteroatoms. The highest BCUT2D eigenvalue weighted by molar-refractivity contribution is 6.21. The Morgan fingerprint density at radius 3 is 2.04 bits per heavy atom. The Balaban J connectivity index is 1.12. The number of benzene rings is 8. The third kappa shape index (κ3) is 4.59. The van der Waals surface area contributed by atoms with E-state index in [1.165, 1.54) is 99.3 Å². The molecule has 0 fully saturated rings. The fourth-order valence-electron chi connectivity index (χ4n) is 10.4. The van der Waals surface area contributed by atoms with Crippen molar-refractivity contribution in [2.75, 3.05) is 4.90 Å². The first kappa shape index (κ1) is 32.3. The third-order valence-corrected chi connectivity index (χ3v) is 13.1. The maximum atomic E-state index is 2.52. The zero-order valence-electron chi connectivity index (χ0n) is 31.9. The monoisotopic (exact) mass is 705 g/mol. The van der Waals surface area contributed by atoms with Crippen LogP contribution in [0.25, 0.3) is 60.1 Å². The minimum atomic E-state index is -0.0893. The molecule has 0 atom stereocenters. The normalized spacial score (nSPS) is 16.0. The van der Waals surface area contributed by atoms with Gasteiger partial charge in [0.1, 0.15) is 0 Å². The highest BCUT2D eigenvalue weighted by Crippen LogP contribution is 2.56. The van der Waals surface area contributed by atoms with E-state index in [1.807, 2.05) is 0 Å². The predicted molar refractivity (Wildman–Crippen MR) is 235 cm³/mol. The van der Waals surface area contributed by atoms with Crippen molar-refractivity contribution in [3.63, 3.8) is 0 Å². The van der Waals surface area contributed by atoms with Crippen LogP contribution in [0.3, 0.4) is 0 Å². The molecule has 0 spiro atoms. The van der Waals surface area contributed by atoms with Crippen LogP contribution in [-0.4, -0.2) is 0 Å². The van der Waals surface area contributed by atoms with E-state index in [4.69, 9.17) is 0 Å². The van der Waals surface area contributed by atoms with Crippen LogP contribution in [0, 0.1) is 0 Å². The first-order valence-electron chi connectivity index (χ1n) is 19.8. The van der Waals surface area contributed by atoms with Crippen LogP contribution >= 0.6 is 0 Å². The summed E-state index contributed by atoms with van der Waals surface area (Å²) < 4.78 is 0.